The van der Waals surface area contributed by atoms with Crippen molar-refractivity contribution in [3.63, 3.8) is 0 Å². The maximum atomic E-state index is 12.9. The first kappa shape index (κ1) is 9.19. The minimum Gasteiger partial charge on any atom is -0.365 e. The van der Waals surface area contributed by atoms with Gasteiger partial charge < -0.3 is 5.73 Å². The highest BCUT2D eigenvalue weighted by Gasteiger charge is 2.14. The van der Waals surface area contributed by atoms with E-state index in [2.05, 4.69) is 0 Å². The van der Waals surface area contributed by atoms with Crippen LogP contribution in [0, 0.1) is 5.82 Å². The van der Waals surface area contributed by atoms with Crippen molar-refractivity contribution in [1.82, 2.24) is 0 Å². The number of thiophene rings is 1. The zero-order valence-electron chi connectivity index (χ0n) is 6.93. The molecular weight excluding hydrogens is 177 g/mol. The largest absolute Gasteiger partial charge is 0.365 e. The van der Waals surface area contributed by atoms with Crippen molar-refractivity contribution < 1.29 is 9.18 Å². The number of hydrogen-bond acceptors (Lipinski definition) is 2. The number of nitrogens with two attached hydrogens (primary N) is 1. The van der Waals surface area contributed by atoms with Gasteiger partial charge in [0.25, 0.3) is 5.91 Å². The molecule has 0 aromatic carbocycles. The van der Waals surface area contributed by atoms with Crippen molar-refractivity contribution in [3.05, 3.63) is 21.6 Å². The quantitative estimate of drug-likeness (QED) is 0.757. The second-order valence-corrected chi connectivity index (χ2v) is 3.93. The highest BCUT2D eigenvalue weighted by Crippen LogP contribution is 2.26. The van der Waals surface area contributed by atoms with Crippen LogP contribution in [0.25, 0.3) is 0 Å². The van der Waals surface area contributed by atoms with E-state index >= 15 is 0 Å². The van der Waals surface area contributed by atoms with Crippen molar-refractivity contribution in [3.8, 4) is 0 Å². The average molecular weight is 187 g/mol. The standard InChI is InChI=1S/C8H10FNOS/c1-4(2)6-3-5(9)7(12-6)8(10)11/h3-4H,1-2H3,(H2,10,11). The molecule has 0 spiro atoms. The number of rotatable bonds is 2. The molecule has 1 aromatic rings. The summed E-state index contributed by atoms with van der Waals surface area (Å²) in [5.74, 6) is -0.960. The second-order valence-electron chi connectivity index (χ2n) is 2.84. The van der Waals surface area contributed by atoms with Gasteiger partial charge in [-0.05, 0) is 12.0 Å². The monoisotopic (exact) mass is 187 g/mol. The second kappa shape index (κ2) is 3.23. The predicted molar refractivity (Wildman–Crippen MR) is 46.9 cm³/mol. The normalized spacial score (nSPS) is 10.7. The summed E-state index contributed by atoms with van der Waals surface area (Å²) < 4.78 is 12.9. The lowest BCUT2D eigenvalue weighted by molar-refractivity contribution is 0.100. The van der Waals surface area contributed by atoms with Gasteiger partial charge in [-0.1, -0.05) is 13.8 Å². The van der Waals surface area contributed by atoms with Crippen molar-refractivity contribution in [2.75, 3.05) is 0 Å². The molecule has 0 bridgehead atoms. The highest BCUT2D eigenvalue weighted by atomic mass is 32.1. The fraction of sp³-hybridized carbons (Fsp3) is 0.375. The van der Waals surface area contributed by atoms with E-state index in [9.17, 15) is 9.18 Å². The van der Waals surface area contributed by atoms with Crippen LogP contribution < -0.4 is 5.73 Å². The molecular formula is C8H10FNOS. The molecule has 1 heterocycles. The first-order valence-corrected chi connectivity index (χ1v) is 4.43. The molecule has 66 valence electrons. The summed E-state index contributed by atoms with van der Waals surface area (Å²) in [6.45, 7) is 3.88. The molecule has 2 nitrogen and oxygen atoms in total. The average Bonchev–Trinajstić information content (AvgIpc) is 2.30. The van der Waals surface area contributed by atoms with Crippen LogP contribution in [0.1, 0.15) is 34.3 Å². The molecule has 0 aliphatic rings. The lowest BCUT2D eigenvalue weighted by atomic mass is 10.2. The molecule has 0 aliphatic heterocycles. The van der Waals surface area contributed by atoms with Gasteiger partial charge >= 0.3 is 0 Å². The number of amides is 1. The van der Waals surface area contributed by atoms with Gasteiger partial charge in [0, 0.05) is 4.88 Å². The number of hydrogen-bond donors (Lipinski definition) is 1. The van der Waals surface area contributed by atoms with Crippen molar-refractivity contribution in [2.24, 2.45) is 5.73 Å². The molecule has 0 unspecified atom stereocenters. The molecule has 4 heteroatoms. The Kier molecular flexibility index (Phi) is 2.47. The summed E-state index contributed by atoms with van der Waals surface area (Å²) in [5.41, 5.74) is 4.96. The van der Waals surface area contributed by atoms with E-state index in [-0.39, 0.29) is 10.8 Å². The molecule has 0 aliphatic carbocycles. The van der Waals surface area contributed by atoms with Crippen molar-refractivity contribution >= 4 is 17.2 Å². The fourth-order valence-corrected chi connectivity index (χ4v) is 1.73. The summed E-state index contributed by atoms with van der Waals surface area (Å²) in [7, 11) is 0. The van der Waals surface area contributed by atoms with Crippen LogP contribution >= 0.6 is 11.3 Å². The van der Waals surface area contributed by atoms with Gasteiger partial charge in [-0.2, -0.15) is 0 Å². The molecule has 1 rings (SSSR count). The third-order valence-corrected chi connectivity index (χ3v) is 2.92. The maximum absolute atomic E-state index is 12.9. The minimum atomic E-state index is -0.690. The maximum Gasteiger partial charge on any atom is 0.261 e. The third kappa shape index (κ3) is 1.64. The highest BCUT2D eigenvalue weighted by molar-refractivity contribution is 7.14. The Labute approximate surface area is 74.2 Å². The zero-order chi connectivity index (χ0) is 9.30. The van der Waals surface area contributed by atoms with Crippen LogP contribution in [0.5, 0.6) is 0 Å². The first-order valence-electron chi connectivity index (χ1n) is 3.61. The molecule has 1 aromatic heterocycles. The summed E-state index contributed by atoms with van der Waals surface area (Å²) in [4.78, 5) is 11.5. The Balaban J connectivity index is 3.09. The Morgan fingerprint density at radius 1 is 1.67 bits per heavy atom. The van der Waals surface area contributed by atoms with Crippen LogP contribution in [0.4, 0.5) is 4.39 Å². The third-order valence-electron chi connectivity index (χ3n) is 1.50. The van der Waals surface area contributed by atoms with Gasteiger partial charge in [0.2, 0.25) is 0 Å². The number of carbonyl (C=O) groups excluding carboxylic acids is 1. The van der Waals surface area contributed by atoms with Crippen LogP contribution in [0.2, 0.25) is 0 Å². The molecule has 0 atom stereocenters. The van der Waals surface area contributed by atoms with Crippen LogP contribution in [0.15, 0.2) is 6.07 Å². The van der Waals surface area contributed by atoms with E-state index < -0.39 is 11.7 Å². The lowest BCUT2D eigenvalue weighted by Crippen LogP contribution is -2.10. The summed E-state index contributed by atoms with van der Waals surface area (Å²) in [6, 6.07) is 1.37. The zero-order valence-corrected chi connectivity index (χ0v) is 7.74. The van der Waals surface area contributed by atoms with Crippen LogP contribution in [0.3, 0.4) is 0 Å². The van der Waals surface area contributed by atoms with Gasteiger partial charge in [-0.15, -0.1) is 11.3 Å². The molecule has 0 radical (unpaired) electrons. The van der Waals surface area contributed by atoms with Gasteiger partial charge in [-0.25, -0.2) is 4.39 Å². The van der Waals surface area contributed by atoms with Crippen molar-refractivity contribution in [1.29, 1.82) is 0 Å². The lowest BCUT2D eigenvalue weighted by Gasteiger charge is -1.96. The molecule has 12 heavy (non-hydrogen) atoms. The van der Waals surface area contributed by atoms with E-state index in [1.54, 1.807) is 0 Å². The number of carbonyl (C=O) groups is 1. The summed E-state index contributed by atoms with van der Waals surface area (Å²) >= 11 is 1.13. The first-order chi connectivity index (χ1) is 5.52. The van der Waals surface area contributed by atoms with E-state index in [1.807, 2.05) is 13.8 Å². The minimum absolute atomic E-state index is 0.0266. The fourth-order valence-electron chi connectivity index (χ4n) is 0.839. The van der Waals surface area contributed by atoms with Crippen LogP contribution in [-0.2, 0) is 0 Å². The topological polar surface area (TPSA) is 43.1 Å². The Hall–Kier alpha value is -0.900. The number of halogens is 1. The van der Waals surface area contributed by atoms with Gasteiger partial charge in [-0.3, -0.25) is 4.79 Å². The Morgan fingerprint density at radius 3 is 2.50 bits per heavy atom. The smallest absolute Gasteiger partial charge is 0.261 e. The van der Waals surface area contributed by atoms with E-state index in [0.717, 1.165) is 16.2 Å². The van der Waals surface area contributed by atoms with Crippen LogP contribution in [-0.4, -0.2) is 5.91 Å². The summed E-state index contributed by atoms with van der Waals surface area (Å²) in [5, 5.41) is 0. The molecule has 0 fully saturated rings. The van der Waals surface area contributed by atoms with E-state index in [4.69, 9.17) is 5.73 Å². The van der Waals surface area contributed by atoms with Crippen molar-refractivity contribution in [2.45, 2.75) is 19.8 Å². The molecule has 0 saturated heterocycles. The molecule has 2 N–H and O–H groups in total. The predicted octanol–water partition coefficient (Wildman–Crippen LogP) is 2.11. The molecule has 0 saturated carbocycles. The number of primary amides is 1. The van der Waals surface area contributed by atoms with E-state index in [1.165, 1.54) is 6.07 Å². The van der Waals surface area contributed by atoms with Gasteiger partial charge in [0.05, 0.1) is 0 Å². The van der Waals surface area contributed by atoms with Gasteiger partial charge in [0.15, 0.2) is 0 Å². The Bertz CT molecular complexity index is 306. The SMILES string of the molecule is CC(C)c1cc(F)c(C(N)=O)s1. The summed E-state index contributed by atoms with van der Waals surface area (Å²) in [6.07, 6.45) is 0. The molecule has 1 amide bonds. The Morgan fingerprint density at radius 2 is 2.25 bits per heavy atom. The van der Waals surface area contributed by atoms with Gasteiger partial charge in [0.1, 0.15) is 10.7 Å². The van der Waals surface area contributed by atoms with E-state index in [0.29, 0.717) is 0 Å².